The van der Waals surface area contributed by atoms with Gasteiger partial charge in [-0.2, -0.15) is 0 Å². The number of nitrogens with one attached hydrogen (secondary N) is 1. The van der Waals surface area contributed by atoms with Crippen LogP contribution in [0.25, 0.3) is 0 Å². The standard InChI is InChI=1S/C18H27NO/c1-13-6-7-15(11-17(13)20-3)18(10-4-5-14(18)2)12-19-16-8-9-16/h6-7,11,14,16,19H,4-5,8-10,12H2,1-3H3. The number of methoxy groups -OCH3 is 1. The molecule has 110 valence electrons. The minimum Gasteiger partial charge on any atom is -0.496 e. The van der Waals surface area contributed by atoms with Gasteiger partial charge in [-0.15, -0.1) is 0 Å². The zero-order valence-electron chi connectivity index (χ0n) is 13.0. The van der Waals surface area contributed by atoms with E-state index in [1.165, 1.54) is 43.2 Å². The average molecular weight is 273 g/mol. The Bertz CT molecular complexity index is 480. The van der Waals surface area contributed by atoms with Gasteiger partial charge in [-0.05, 0) is 55.7 Å². The van der Waals surface area contributed by atoms with E-state index in [4.69, 9.17) is 4.74 Å². The summed E-state index contributed by atoms with van der Waals surface area (Å²) in [6.45, 7) is 5.68. The van der Waals surface area contributed by atoms with E-state index in [1.54, 1.807) is 7.11 Å². The molecule has 1 aromatic carbocycles. The Balaban J connectivity index is 1.91. The number of aryl methyl sites for hydroxylation is 1. The molecule has 3 rings (SSSR count). The third-order valence-electron chi connectivity index (χ3n) is 5.47. The summed E-state index contributed by atoms with van der Waals surface area (Å²) in [5.41, 5.74) is 3.01. The second-order valence-electron chi connectivity index (χ2n) is 6.79. The van der Waals surface area contributed by atoms with Crippen LogP contribution in [0, 0.1) is 12.8 Å². The van der Waals surface area contributed by atoms with Crippen LogP contribution in [0.1, 0.15) is 50.2 Å². The maximum atomic E-state index is 5.54. The van der Waals surface area contributed by atoms with E-state index in [2.05, 4.69) is 37.4 Å². The van der Waals surface area contributed by atoms with Crippen molar-refractivity contribution in [2.75, 3.05) is 13.7 Å². The van der Waals surface area contributed by atoms with Gasteiger partial charge in [0.05, 0.1) is 7.11 Å². The monoisotopic (exact) mass is 273 g/mol. The van der Waals surface area contributed by atoms with Gasteiger partial charge in [-0.25, -0.2) is 0 Å². The van der Waals surface area contributed by atoms with Gasteiger partial charge in [0.1, 0.15) is 5.75 Å². The van der Waals surface area contributed by atoms with Gasteiger partial charge < -0.3 is 10.1 Å². The molecule has 0 heterocycles. The van der Waals surface area contributed by atoms with Crippen molar-refractivity contribution >= 4 is 0 Å². The molecule has 0 aromatic heterocycles. The molecule has 0 radical (unpaired) electrons. The summed E-state index contributed by atoms with van der Waals surface area (Å²) in [4.78, 5) is 0. The Morgan fingerprint density at radius 3 is 2.70 bits per heavy atom. The van der Waals surface area contributed by atoms with Crippen molar-refractivity contribution in [2.45, 2.75) is 57.4 Å². The summed E-state index contributed by atoms with van der Waals surface area (Å²) in [5, 5.41) is 3.78. The van der Waals surface area contributed by atoms with Crippen molar-refractivity contribution in [3.05, 3.63) is 29.3 Å². The molecule has 2 heteroatoms. The minimum atomic E-state index is 0.309. The minimum absolute atomic E-state index is 0.309. The van der Waals surface area contributed by atoms with Crippen LogP contribution in [0.15, 0.2) is 18.2 Å². The van der Waals surface area contributed by atoms with Crippen LogP contribution < -0.4 is 10.1 Å². The largest absolute Gasteiger partial charge is 0.496 e. The van der Waals surface area contributed by atoms with Crippen molar-refractivity contribution in [1.82, 2.24) is 5.32 Å². The van der Waals surface area contributed by atoms with Crippen molar-refractivity contribution in [3.8, 4) is 5.75 Å². The summed E-state index contributed by atoms with van der Waals surface area (Å²) in [6.07, 6.45) is 6.73. The summed E-state index contributed by atoms with van der Waals surface area (Å²) >= 11 is 0. The molecule has 0 saturated heterocycles. The maximum Gasteiger partial charge on any atom is 0.122 e. The van der Waals surface area contributed by atoms with E-state index < -0.39 is 0 Å². The van der Waals surface area contributed by atoms with Gasteiger partial charge in [0.15, 0.2) is 0 Å². The zero-order valence-corrected chi connectivity index (χ0v) is 13.0. The van der Waals surface area contributed by atoms with Crippen LogP contribution in [0.4, 0.5) is 0 Å². The van der Waals surface area contributed by atoms with Gasteiger partial charge in [0.2, 0.25) is 0 Å². The molecule has 0 bridgehead atoms. The molecular formula is C18H27NO. The van der Waals surface area contributed by atoms with Crippen LogP contribution in [0.3, 0.4) is 0 Å². The second-order valence-corrected chi connectivity index (χ2v) is 6.79. The van der Waals surface area contributed by atoms with Gasteiger partial charge >= 0.3 is 0 Å². The van der Waals surface area contributed by atoms with E-state index in [0.29, 0.717) is 5.41 Å². The van der Waals surface area contributed by atoms with E-state index >= 15 is 0 Å². The number of hydrogen-bond acceptors (Lipinski definition) is 2. The number of benzene rings is 1. The lowest BCUT2D eigenvalue weighted by Crippen LogP contribution is -2.41. The topological polar surface area (TPSA) is 21.3 Å². The molecule has 2 unspecified atom stereocenters. The molecule has 1 aromatic rings. The highest BCUT2D eigenvalue weighted by atomic mass is 16.5. The second kappa shape index (κ2) is 5.40. The van der Waals surface area contributed by atoms with Crippen LogP contribution in [-0.4, -0.2) is 19.7 Å². The van der Waals surface area contributed by atoms with Crippen LogP contribution in [-0.2, 0) is 5.41 Å². The normalized spacial score (nSPS) is 29.6. The van der Waals surface area contributed by atoms with Crippen molar-refractivity contribution in [1.29, 1.82) is 0 Å². The molecule has 1 N–H and O–H groups in total. The van der Waals surface area contributed by atoms with Crippen molar-refractivity contribution in [2.24, 2.45) is 5.92 Å². The molecule has 2 nitrogen and oxygen atoms in total. The smallest absolute Gasteiger partial charge is 0.122 e. The summed E-state index contributed by atoms with van der Waals surface area (Å²) in [5.74, 6) is 1.79. The number of hydrogen-bond donors (Lipinski definition) is 1. The average Bonchev–Trinajstić information content (AvgIpc) is 3.21. The lowest BCUT2D eigenvalue weighted by Gasteiger charge is -2.35. The molecule has 0 amide bonds. The predicted octanol–water partition coefficient (Wildman–Crippen LogP) is 3.81. The first-order valence-electron chi connectivity index (χ1n) is 8.04. The summed E-state index contributed by atoms with van der Waals surface area (Å²) in [6, 6.07) is 7.62. The Morgan fingerprint density at radius 1 is 1.30 bits per heavy atom. The van der Waals surface area contributed by atoms with Gasteiger partial charge in [0, 0.05) is 18.0 Å². The Kier molecular flexibility index (Phi) is 3.76. The highest BCUT2D eigenvalue weighted by molar-refractivity contribution is 5.41. The van der Waals surface area contributed by atoms with Crippen molar-refractivity contribution < 1.29 is 4.74 Å². The third kappa shape index (κ3) is 2.46. The third-order valence-corrected chi connectivity index (χ3v) is 5.47. The molecular weight excluding hydrogens is 246 g/mol. The predicted molar refractivity (Wildman–Crippen MR) is 83.4 cm³/mol. The Labute approximate surface area is 122 Å². The van der Waals surface area contributed by atoms with Crippen LogP contribution in [0.2, 0.25) is 0 Å². The molecule has 0 spiro atoms. The first kappa shape index (κ1) is 13.9. The van der Waals surface area contributed by atoms with Crippen molar-refractivity contribution in [3.63, 3.8) is 0 Å². The summed E-state index contributed by atoms with van der Waals surface area (Å²) in [7, 11) is 1.78. The fourth-order valence-electron chi connectivity index (χ4n) is 3.78. The van der Waals surface area contributed by atoms with E-state index in [9.17, 15) is 0 Å². The number of ether oxygens (including phenoxy) is 1. The van der Waals surface area contributed by atoms with Crippen LogP contribution in [0.5, 0.6) is 5.75 Å². The van der Waals surface area contributed by atoms with E-state index in [0.717, 1.165) is 24.3 Å². The molecule has 2 aliphatic rings. The first-order chi connectivity index (χ1) is 9.65. The molecule has 0 aliphatic heterocycles. The highest BCUT2D eigenvalue weighted by Crippen LogP contribution is 2.46. The summed E-state index contributed by atoms with van der Waals surface area (Å²) < 4.78 is 5.54. The fraction of sp³-hybridized carbons (Fsp3) is 0.667. The van der Waals surface area contributed by atoms with Gasteiger partial charge in [-0.3, -0.25) is 0 Å². The maximum absolute atomic E-state index is 5.54. The Hall–Kier alpha value is -1.02. The van der Waals surface area contributed by atoms with E-state index in [-0.39, 0.29) is 0 Å². The lowest BCUT2D eigenvalue weighted by atomic mass is 9.72. The molecule has 20 heavy (non-hydrogen) atoms. The highest BCUT2D eigenvalue weighted by Gasteiger charge is 2.42. The molecule has 2 aliphatic carbocycles. The molecule has 2 atom stereocenters. The molecule has 2 saturated carbocycles. The van der Waals surface area contributed by atoms with E-state index in [1.807, 2.05) is 0 Å². The Morgan fingerprint density at radius 2 is 2.10 bits per heavy atom. The first-order valence-corrected chi connectivity index (χ1v) is 8.04. The fourth-order valence-corrected chi connectivity index (χ4v) is 3.78. The lowest BCUT2D eigenvalue weighted by molar-refractivity contribution is 0.314. The quantitative estimate of drug-likeness (QED) is 0.880. The van der Waals surface area contributed by atoms with Gasteiger partial charge in [-0.1, -0.05) is 25.5 Å². The molecule has 2 fully saturated rings. The SMILES string of the molecule is COc1cc(C2(CNC3CC3)CCCC2C)ccc1C. The van der Waals surface area contributed by atoms with Gasteiger partial charge in [0.25, 0.3) is 0 Å². The number of rotatable bonds is 5. The zero-order chi connectivity index (χ0) is 14.2. The van der Waals surface area contributed by atoms with Crippen LogP contribution >= 0.6 is 0 Å².